The smallest absolute Gasteiger partial charge is 0.0471 e. The summed E-state index contributed by atoms with van der Waals surface area (Å²) in [4.78, 5) is 2.51. The van der Waals surface area contributed by atoms with Crippen molar-refractivity contribution in [2.45, 2.75) is 32.2 Å². The van der Waals surface area contributed by atoms with E-state index in [0.717, 1.165) is 30.5 Å². The van der Waals surface area contributed by atoms with Gasteiger partial charge in [-0.1, -0.05) is 35.0 Å². The van der Waals surface area contributed by atoms with Gasteiger partial charge in [0.15, 0.2) is 0 Å². The Kier molecular flexibility index (Phi) is 7.17. The third-order valence-electron chi connectivity index (χ3n) is 4.30. The van der Waals surface area contributed by atoms with E-state index in [2.05, 4.69) is 57.3 Å². The number of nitrogens with one attached hydrogen (secondary N) is 1. The molecule has 0 saturated carbocycles. The van der Waals surface area contributed by atoms with Crippen LogP contribution in [0.4, 0.5) is 0 Å². The average molecular weight is 355 g/mol. The average Bonchev–Trinajstić information content (AvgIpc) is 2.51. The number of likely N-dealkylation sites (tertiary alicyclic amines) is 1. The Morgan fingerprint density at radius 2 is 2.33 bits per heavy atom. The number of nitrogens with zero attached hydrogens (tertiary/aromatic N) is 1. The van der Waals surface area contributed by atoms with E-state index < -0.39 is 0 Å². The van der Waals surface area contributed by atoms with Crippen LogP contribution in [0, 0.1) is 5.92 Å². The highest BCUT2D eigenvalue weighted by atomic mass is 79.9. The Morgan fingerprint density at radius 3 is 3.05 bits per heavy atom. The number of hydrogen-bond acceptors (Lipinski definition) is 3. The van der Waals surface area contributed by atoms with Gasteiger partial charge in [0.25, 0.3) is 0 Å². The number of aliphatic hydroxyl groups is 1. The van der Waals surface area contributed by atoms with Crippen LogP contribution >= 0.6 is 15.9 Å². The van der Waals surface area contributed by atoms with Gasteiger partial charge in [-0.15, -0.1) is 0 Å². The predicted octanol–water partition coefficient (Wildman–Crippen LogP) is 3.19. The van der Waals surface area contributed by atoms with E-state index in [1.165, 1.54) is 24.9 Å². The van der Waals surface area contributed by atoms with Crippen LogP contribution in [-0.2, 0) is 0 Å². The van der Waals surface area contributed by atoms with Crippen molar-refractivity contribution in [2.75, 3.05) is 32.8 Å². The lowest BCUT2D eigenvalue weighted by Gasteiger charge is -2.33. The van der Waals surface area contributed by atoms with Crippen molar-refractivity contribution in [3.05, 3.63) is 34.3 Å². The molecule has 2 unspecified atom stereocenters. The molecule has 2 atom stereocenters. The van der Waals surface area contributed by atoms with Crippen molar-refractivity contribution >= 4 is 15.9 Å². The van der Waals surface area contributed by atoms with Crippen LogP contribution in [0.15, 0.2) is 28.7 Å². The van der Waals surface area contributed by atoms with Gasteiger partial charge in [0.05, 0.1) is 0 Å². The zero-order valence-corrected chi connectivity index (χ0v) is 14.5. The highest BCUT2D eigenvalue weighted by Gasteiger charge is 2.20. The van der Waals surface area contributed by atoms with Crippen LogP contribution in [0.3, 0.4) is 0 Å². The molecule has 3 nitrogen and oxygen atoms in total. The first kappa shape index (κ1) is 16.9. The van der Waals surface area contributed by atoms with E-state index in [4.69, 9.17) is 0 Å². The number of rotatable bonds is 7. The molecular formula is C17H27BrN2O. The van der Waals surface area contributed by atoms with Crippen LogP contribution in [0.5, 0.6) is 0 Å². The summed E-state index contributed by atoms with van der Waals surface area (Å²) in [5.74, 6) is 0.474. The fourth-order valence-corrected chi connectivity index (χ4v) is 3.59. The summed E-state index contributed by atoms with van der Waals surface area (Å²) in [5, 5.41) is 12.9. The first-order chi connectivity index (χ1) is 10.2. The van der Waals surface area contributed by atoms with Crippen molar-refractivity contribution in [2.24, 2.45) is 5.92 Å². The highest BCUT2D eigenvalue weighted by molar-refractivity contribution is 9.10. The maximum atomic E-state index is 9.33. The van der Waals surface area contributed by atoms with E-state index in [1.54, 1.807) is 0 Å². The zero-order chi connectivity index (χ0) is 15.1. The number of hydrogen-bond donors (Lipinski definition) is 2. The minimum Gasteiger partial charge on any atom is -0.396 e. The standard InChI is InChI=1S/C17H27BrN2O/c1-2-19-17(15-6-3-7-16(18)11-15)8-10-20-9-4-5-14(12-20)13-21/h3,6-7,11,14,17,19,21H,2,4-5,8-10,12-13H2,1H3. The van der Waals surface area contributed by atoms with E-state index >= 15 is 0 Å². The Balaban J connectivity index is 1.91. The first-order valence-corrected chi connectivity index (χ1v) is 8.84. The quantitative estimate of drug-likeness (QED) is 0.789. The Hall–Kier alpha value is -0.420. The van der Waals surface area contributed by atoms with Crippen LogP contribution in [0.1, 0.15) is 37.8 Å². The molecule has 0 radical (unpaired) electrons. The summed E-state index contributed by atoms with van der Waals surface area (Å²) in [6, 6.07) is 8.99. The monoisotopic (exact) mass is 354 g/mol. The van der Waals surface area contributed by atoms with Crippen molar-refractivity contribution in [3.8, 4) is 0 Å². The Morgan fingerprint density at radius 1 is 1.48 bits per heavy atom. The minimum absolute atomic E-state index is 0.332. The molecular weight excluding hydrogens is 328 g/mol. The molecule has 0 spiro atoms. The SMILES string of the molecule is CCNC(CCN1CCCC(CO)C1)c1cccc(Br)c1. The molecule has 2 N–H and O–H groups in total. The lowest BCUT2D eigenvalue weighted by Crippen LogP contribution is -2.38. The largest absolute Gasteiger partial charge is 0.396 e. The number of halogens is 1. The van der Waals surface area contributed by atoms with Crippen molar-refractivity contribution < 1.29 is 5.11 Å². The van der Waals surface area contributed by atoms with Gasteiger partial charge in [0.2, 0.25) is 0 Å². The fraction of sp³-hybridized carbons (Fsp3) is 0.647. The van der Waals surface area contributed by atoms with Gasteiger partial charge in [-0.3, -0.25) is 0 Å². The van der Waals surface area contributed by atoms with Crippen LogP contribution < -0.4 is 5.32 Å². The molecule has 4 heteroatoms. The third kappa shape index (κ3) is 5.37. The second-order valence-corrected chi connectivity index (χ2v) is 6.86. The molecule has 1 aromatic carbocycles. The first-order valence-electron chi connectivity index (χ1n) is 8.05. The second-order valence-electron chi connectivity index (χ2n) is 5.95. The zero-order valence-electron chi connectivity index (χ0n) is 12.9. The fourth-order valence-electron chi connectivity index (χ4n) is 3.17. The summed E-state index contributed by atoms with van der Waals surface area (Å²) in [6.07, 6.45) is 3.51. The van der Waals surface area contributed by atoms with E-state index in [1.807, 2.05) is 0 Å². The molecule has 0 bridgehead atoms. The summed E-state index contributed by atoms with van der Waals surface area (Å²) in [5.41, 5.74) is 1.35. The summed E-state index contributed by atoms with van der Waals surface area (Å²) in [7, 11) is 0. The molecule has 0 aromatic heterocycles. The maximum Gasteiger partial charge on any atom is 0.0471 e. The molecule has 1 heterocycles. The normalized spacial score (nSPS) is 21.4. The number of aliphatic hydroxyl groups excluding tert-OH is 1. The van der Waals surface area contributed by atoms with Gasteiger partial charge in [-0.25, -0.2) is 0 Å². The van der Waals surface area contributed by atoms with E-state index in [-0.39, 0.29) is 0 Å². The van der Waals surface area contributed by atoms with Crippen LogP contribution in [0.2, 0.25) is 0 Å². The Labute approximate surface area is 136 Å². The van der Waals surface area contributed by atoms with Crippen LogP contribution in [0.25, 0.3) is 0 Å². The minimum atomic E-state index is 0.332. The lowest BCUT2D eigenvalue weighted by molar-refractivity contribution is 0.117. The van der Waals surface area contributed by atoms with Crippen molar-refractivity contribution in [1.29, 1.82) is 0 Å². The lowest BCUT2D eigenvalue weighted by atomic mass is 9.98. The summed E-state index contributed by atoms with van der Waals surface area (Å²) < 4.78 is 1.14. The van der Waals surface area contributed by atoms with Gasteiger partial charge >= 0.3 is 0 Å². The second kappa shape index (κ2) is 8.89. The van der Waals surface area contributed by atoms with Gasteiger partial charge < -0.3 is 15.3 Å². The van der Waals surface area contributed by atoms with Gasteiger partial charge in [0.1, 0.15) is 0 Å². The Bertz CT molecular complexity index is 427. The molecule has 1 aliphatic rings. The predicted molar refractivity (Wildman–Crippen MR) is 91.4 cm³/mol. The highest BCUT2D eigenvalue weighted by Crippen LogP contribution is 2.23. The number of benzene rings is 1. The molecule has 21 heavy (non-hydrogen) atoms. The van der Waals surface area contributed by atoms with Gasteiger partial charge in [0, 0.05) is 23.7 Å². The van der Waals surface area contributed by atoms with Crippen LogP contribution in [-0.4, -0.2) is 42.8 Å². The molecule has 1 aliphatic heterocycles. The van der Waals surface area contributed by atoms with E-state index in [0.29, 0.717) is 18.6 Å². The molecule has 1 saturated heterocycles. The summed E-state index contributed by atoms with van der Waals surface area (Å²) >= 11 is 3.56. The molecule has 1 aromatic rings. The van der Waals surface area contributed by atoms with Crippen molar-refractivity contribution in [3.63, 3.8) is 0 Å². The van der Waals surface area contributed by atoms with Gasteiger partial charge in [-0.05, 0) is 62.5 Å². The number of piperidine rings is 1. The molecule has 0 amide bonds. The topological polar surface area (TPSA) is 35.5 Å². The summed E-state index contributed by atoms with van der Waals surface area (Å²) in [6.45, 7) is 6.80. The molecule has 2 rings (SSSR count). The molecule has 1 fully saturated rings. The maximum absolute atomic E-state index is 9.33. The van der Waals surface area contributed by atoms with E-state index in [9.17, 15) is 5.11 Å². The molecule has 0 aliphatic carbocycles. The third-order valence-corrected chi connectivity index (χ3v) is 4.79. The van der Waals surface area contributed by atoms with Gasteiger partial charge in [-0.2, -0.15) is 0 Å². The van der Waals surface area contributed by atoms with Crippen molar-refractivity contribution in [1.82, 2.24) is 10.2 Å². The molecule has 118 valence electrons.